The van der Waals surface area contributed by atoms with E-state index in [1.165, 1.54) is 5.56 Å². The molecular formula is C23H24FN5. The second-order valence-corrected chi connectivity index (χ2v) is 8.33. The second-order valence-electron chi connectivity index (χ2n) is 8.33. The molecule has 3 heterocycles. The number of nitrogens with one attached hydrogen (secondary N) is 2. The van der Waals surface area contributed by atoms with Crippen LogP contribution >= 0.6 is 0 Å². The van der Waals surface area contributed by atoms with E-state index >= 15 is 4.39 Å². The summed E-state index contributed by atoms with van der Waals surface area (Å²) >= 11 is 0. The fourth-order valence-electron chi connectivity index (χ4n) is 4.49. The van der Waals surface area contributed by atoms with Crippen molar-refractivity contribution < 1.29 is 4.39 Å². The molecule has 0 saturated heterocycles. The van der Waals surface area contributed by atoms with Crippen LogP contribution in [-0.4, -0.2) is 19.7 Å². The third-order valence-electron chi connectivity index (χ3n) is 5.98. The van der Waals surface area contributed by atoms with Crippen LogP contribution in [0.2, 0.25) is 0 Å². The number of aromatic amines is 1. The lowest BCUT2D eigenvalue weighted by atomic mass is 9.92. The largest absolute Gasteiger partial charge is 0.369 e. The molecule has 0 spiro atoms. The van der Waals surface area contributed by atoms with Crippen LogP contribution in [0.4, 0.5) is 10.1 Å². The van der Waals surface area contributed by atoms with Gasteiger partial charge in [0, 0.05) is 23.6 Å². The van der Waals surface area contributed by atoms with Crippen molar-refractivity contribution >= 4 is 16.6 Å². The average Bonchev–Trinajstić information content (AvgIpc) is 3.29. The van der Waals surface area contributed by atoms with Gasteiger partial charge in [-0.3, -0.25) is 4.57 Å². The molecule has 5 rings (SSSR count). The van der Waals surface area contributed by atoms with E-state index in [2.05, 4.69) is 33.5 Å². The van der Waals surface area contributed by atoms with E-state index in [0.717, 1.165) is 51.4 Å². The number of nitrogens with zero attached hydrogens (tertiary/aromatic N) is 3. The van der Waals surface area contributed by atoms with Crippen LogP contribution in [0.25, 0.3) is 27.7 Å². The van der Waals surface area contributed by atoms with Crippen LogP contribution in [0.1, 0.15) is 43.5 Å². The van der Waals surface area contributed by atoms with Crippen molar-refractivity contribution in [3.8, 4) is 16.8 Å². The zero-order valence-corrected chi connectivity index (χ0v) is 17.3. The van der Waals surface area contributed by atoms with Gasteiger partial charge in [-0.15, -0.1) is 10.2 Å². The van der Waals surface area contributed by atoms with Crippen molar-refractivity contribution in [2.75, 3.05) is 5.32 Å². The summed E-state index contributed by atoms with van der Waals surface area (Å²) in [5.41, 5.74) is 5.86. The minimum absolute atomic E-state index is 0.268. The molecule has 2 N–H and O–H groups in total. The maximum absolute atomic E-state index is 15.5. The molecule has 0 radical (unpaired) electrons. The van der Waals surface area contributed by atoms with E-state index in [1.54, 1.807) is 6.07 Å². The molecular weight excluding hydrogens is 365 g/mol. The van der Waals surface area contributed by atoms with E-state index in [9.17, 15) is 0 Å². The minimum atomic E-state index is -0.515. The summed E-state index contributed by atoms with van der Waals surface area (Å²) in [6, 6.07) is 7.80. The van der Waals surface area contributed by atoms with Crippen LogP contribution in [0.15, 0.2) is 30.5 Å². The van der Waals surface area contributed by atoms with Gasteiger partial charge in [0.15, 0.2) is 5.82 Å². The molecule has 5 nitrogen and oxygen atoms in total. The second kappa shape index (κ2) is 5.92. The number of anilines is 1. The van der Waals surface area contributed by atoms with Crippen molar-refractivity contribution in [3.63, 3.8) is 0 Å². The first-order chi connectivity index (χ1) is 13.8. The molecule has 0 fully saturated rings. The minimum Gasteiger partial charge on any atom is -0.369 e. The molecule has 2 aromatic carbocycles. The van der Waals surface area contributed by atoms with E-state index in [-0.39, 0.29) is 5.82 Å². The topological polar surface area (TPSA) is 58.5 Å². The van der Waals surface area contributed by atoms with Crippen molar-refractivity contribution in [3.05, 3.63) is 59.1 Å². The third-order valence-corrected chi connectivity index (χ3v) is 5.98. The van der Waals surface area contributed by atoms with Gasteiger partial charge < -0.3 is 10.3 Å². The van der Waals surface area contributed by atoms with Gasteiger partial charge in [-0.25, -0.2) is 4.39 Å². The average molecular weight is 389 g/mol. The summed E-state index contributed by atoms with van der Waals surface area (Å²) in [5.74, 6) is 1.37. The first-order valence-corrected chi connectivity index (χ1v) is 9.97. The first kappa shape index (κ1) is 17.9. The van der Waals surface area contributed by atoms with Gasteiger partial charge in [0.1, 0.15) is 11.6 Å². The van der Waals surface area contributed by atoms with E-state index in [1.807, 2.05) is 50.6 Å². The summed E-state index contributed by atoms with van der Waals surface area (Å²) in [7, 11) is 0. The predicted molar refractivity (Wildman–Crippen MR) is 114 cm³/mol. The highest BCUT2D eigenvalue weighted by molar-refractivity contribution is 5.98. The Kier molecular flexibility index (Phi) is 3.66. The standard InChI is InChI=1S/C23H24FN5/c1-6-18-27-28-22-23(4,5)26-20-17(24)10-16(13(3)21(20)29(18)22)15-9-7-8-14-12(2)11-25-19(14)15/h7-11,25-26H,6H2,1-5H3. The molecule has 1 aliphatic heterocycles. The van der Waals surface area contributed by atoms with E-state index in [0.29, 0.717) is 5.69 Å². The zero-order chi connectivity index (χ0) is 20.5. The normalized spacial score (nSPS) is 14.6. The van der Waals surface area contributed by atoms with Crippen LogP contribution < -0.4 is 5.32 Å². The van der Waals surface area contributed by atoms with Gasteiger partial charge in [0.05, 0.1) is 22.4 Å². The molecule has 148 valence electrons. The number of aromatic nitrogens is 4. The van der Waals surface area contributed by atoms with Gasteiger partial charge in [-0.05, 0) is 50.5 Å². The summed E-state index contributed by atoms with van der Waals surface area (Å²) < 4.78 is 17.5. The number of aryl methyl sites for hydroxylation is 2. The maximum Gasteiger partial charge on any atom is 0.162 e. The molecule has 0 atom stereocenters. The Bertz CT molecular complexity index is 1280. The first-order valence-electron chi connectivity index (χ1n) is 9.97. The Morgan fingerprint density at radius 1 is 1.14 bits per heavy atom. The number of benzene rings is 2. The van der Waals surface area contributed by atoms with Crippen molar-refractivity contribution in [2.45, 2.75) is 46.6 Å². The molecule has 29 heavy (non-hydrogen) atoms. The van der Waals surface area contributed by atoms with Crippen molar-refractivity contribution in [1.29, 1.82) is 0 Å². The number of hydrogen-bond acceptors (Lipinski definition) is 3. The van der Waals surface area contributed by atoms with Gasteiger partial charge in [-0.2, -0.15) is 0 Å². The molecule has 2 aromatic heterocycles. The molecule has 0 amide bonds. The summed E-state index contributed by atoms with van der Waals surface area (Å²) in [4.78, 5) is 3.36. The number of H-pyrrole nitrogens is 1. The highest BCUT2D eigenvalue weighted by Gasteiger charge is 2.37. The molecule has 6 heteroatoms. The fourth-order valence-corrected chi connectivity index (χ4v) is 4.49. The molecule has 0 aliphatic carbocycles. The van der Waals surface area contributed by atoms with Crippen molar-refractivity contribution in [1.82, 2.24) is 19.7 Å². The Balaban J connectivity index is 1.86. The van der Waals surface area contributed by atoms with Crippen LogP contribution in [-0.2, 0) is 12.0 Å². The Morgan fingerprint density at radius 2 is 1.93 bits per heavy atom. The number of halogens is 1. The molecule has 4 aromatic rings. The predicted octanol–water partition coefficient (Wildman–Crippen LogP) is 5.39. The molecule has 1 aliphatic rings. The number of hydrogen-bond donors (Lipinski definition) is 2. The molecule has 0 saturated carbocycles. The van der Waals surface area contributed by atoms with Crippen LogP contribution in [0.3, 0.4) is 0 Å². The van der Waals surface area contributed by atoms with E-state index in [4.69, 9.17) is 0 Å². The van der Waals surface area contributed by atoms with Gasteiger partial charge in [-0.1, -0.05) is 25.1 Å². The monoisotopic (exact) mass is 389 g/mol. The van der Waals surface area contributed by atoms with Crippen LogP contribution in [0, 0.1) is 19.7 Å². The quantitative estimate of drug-likeness (QED) is 0.483. The lowest BCUT2D eigenvalue weighted by Crippen LogP contribution is -2.37. The zero-order valence-electron chi connectivity index (χ0n) is 17.3. The SMILES string of the molecule is CCc1nnc2n1-c1c(C)c(-c3cccc4c(C)c[nH]c34)cc(F)c1NC2(C)C. The molecule has 0 bridgehead atoms. The summed E-state index contributed by atoms with van der Waals surface area (Å²) in [6.45, 7) is 10.2. The smallest absolute Gasteiger partial charge is 0.162 e. The Labute approximate surface area is 169 Å². The fraction of sp³-hybridized carbons (Fsp3) is 0.304. The van der Waals surface area contributed by atoms with Gasteiger partial charge in [0.2, 0.25) is 0 Å². The van der Waals surface area contributed by atoms with Crippen molar-refractivity contribution in [2.24, 2.45) is 0 Å². The highest BCUT2D eigenvalue weighted by Crippen LogP contribution is 2.44. The maximum atomic E-state index is 15.5. The number of para-hydroxylation sites is 1. The Hall–Kier alpha value is -3.15. The lowest BCUT2D eigenvalue weighted by molar-refractivity contribution is 0.521. The number of rotatable bonds is 2. The van der Waals surface area contributed by atoms with Crippen LogP contribution in [0.5, 0.6) is 0 Å². The summed E-state index contributed by atoms with van der Waals surface area (Å²) in [6.07, 6.45) is 2.72. The van der Waals surface area contributed by atoms with E-state index < -0.39 is 5.54 Å². The highest BCUT2D eigenvalue weighted by atomic mass is 19.1. The lowest BCUT2D eigenvalue weighted by Gasteiger charge is -2.35. The third kappa shape index (κ3) is 2.38. The van der Waals surface area contributed by atoms with Gasteiger partial charge >= 0.3 is 0 Å². The van der Waals surface area contributed by atoms with Gasteiger partial charge in [0.25, 0.3) is 0 Å². The molecule has 0 unspecified atom stereocenters. The number of fused-ring (bicyclic) bond motifs is 4. The Morgan fingerprint density at radius 3 is 2.69 bits per heavy atom. The summed E-state index contributed by atoms with van der Waals surface area (Å²) in [5, 5.41) is 13.3.